The highest BCUT2D eigenvalue weighted by Gasteiger charge is 2.19. The highest BCUT2D eigenvalue weighted by molar-refractivity contribution is 5.71. The second kappa shape index (κ2) is 70.1. The molecule has 0 bridgehead atoms. The third kappa shape index (κ3) is 67.4. The first-order valence-corrected chi connectivity index (χ1v) is 35.6. The van der Waals surface area contributed by atoms with Crippen molar-refractivity contribution in [1.82, 2.24) is 0 Å². The van der Waals surface area contributed by atoms with Gasteiger partial charge in [0.05, 0.1) is 0 Å². The van der Waals surface area contributed by atoms with Gasteiger partial charge in [0, 0.05) is 19.3 Å². The van der Waals surface area contributed by atoms with Crippen LogP contribution >= 0.6 is 0 Å². The van der Waals surface area contributed by atoms with Gasteiger partial charge in [-0.2, -0.15) is 0 Å². The van der Waals surface area contributed by atoms with E-state index in [1.807, 2.05) is 0 Å². The molecule has 0 aromatic carbocycles. The number of esters is 3. The lowest BCUT2D eigenvalue weighted by molar-refractivity contribution is -0.167. The second-order valence-electron chi connectivity index (χ2n) is 23.8. The van der Waals surface area contributed by atoms with Gasteiger partial charge in [0.2, 0.25) is 0 Å². The molecule has 0 aliphatic rings. The number of carbonyl (C=O) groups is 3. The molecule has 1 unspecified atom stereocenters. The summed E-state index contributed by atoms with van der Waals surface area (Å²) >= 11 is 0. The Kier molecular flexibility index (Phi) is 67.2. The smallest absolute Gasteiger partial charge is 0.306 e. The fourth-order valence-corrected chi connectivity index (χ4v) is 10.2. The van der Waals surface area contributed by atoms with Crippen molar-refractivity contribution in [2.75, 3.05) is 13.2 Å². The standard InChI is InChI=1S/C76H134O6/c1-4-7-10-13-16-19-22-25-28-30-32-34-36-37-38-39-41-42-44-46-48-51-54-57-60-63-66-69-75(78)81-72-73(71-80-74(77)68-65-62-59-56-53-50-27-24-21-18-15-12-9-6-3)82-76(79)70-67-64-61-58-55-52-49-47-45-43-40-35-33-31-29-26-23-20-17-14-11-8-5-2/h22-27,30-33,36-37,40,43,73H,4-21,28-29,34-35,38-39,41-42,44-72H2,1-3H3/b25-22-,26-23-,27-24-,32-30-,33-31-,37-36-,43-40-. The molecule has 474 valence electrons. The van der Waals surface area contributed by atoms with Gasteiger partial charge in [0.25, 0.3) is 0 Å². The zero-order valence-corrected chi connectivity index (χ0v) is 54.5. The molecule has 0 N–H and O–H groups in total. The molecule has 0 radical (unpaired) electrons. The highest BCUT2D eigenvalue weighted by atomic mass is 16.6. The van der Waals surface area contributed by atoms with Crippen LogP contribution in [0.15, 0.2) is 85.1 Å². The largest absolute Gasteiger partial charge is 0.462 e. The number of hydrogen-bond acceptors (Lipinski definition) is 6. The summed E-state index contributed by atoms with van der Waals surface area (Å²) in [6.45, 7) is 6.64. The van der Waals surface area contributed by atoms with Crippen LogP contribution in [0, 0.1) is 0 Å². The molecule has 0 saturated carbocycles. The summed E-state index contributed by atoms with van der Waals surface area (Å²) in [4.78, 5) is 38.4. The minimum atomic E-state index is -0.787. The van der Waals surface area contributed by atoms with Crippen molar-refractivity contribution in [3.63, 3.8) is 0 Å². The van der Waals surface area contributed by atoms with Crippen LogP contribution in [0.25, 0.3) is 0 Å². The average Bonchev–Trinajstić information content (AvgIpc) is 3.48. The second-order valence-corrected chi connectivity index (χ2v) is 23.8. The van der Waals surface area contributed by atoms with E-state index in [0.29, 0.717) is 19.3 Å². The van der Waals surface area contributed by atoms with Crippen LogP contribution in [-0.4, -0.2) is 37.2 Å². The maximum Gasteiger partial charge on any atom is 0.306 e. The predicted molar refractivity (Wildman–Crippen MR) is 358 cm³/mol. The number of hydrogen-bond donors (Lipinski definition) is 0. The molecule has 0 heterocycles. The van der Waals surface area contributed by atoms with E-state index in [1.54, 1.807) is 0 Å². The summed E-state index contributed by atoms with van der Waals surface area (Å²) in [7, 11) is 0. The maximum atomic E-state index is 13.0. The van der Waals surface area contributed by atoms with Crippen LogP contribution in [-0.2, 0) is 28.6 Å². The van der Waals surface area contributed by atoms with Gasteiger partial charge in [0.1, 0.15) is 13.2 Å². The van der Waals surface area contributed by atoms with Gasteiger partial charge >= 0.3 is 17.9 Å². The third-order valence-electron chi connectivity index (χ3n) is 15.6. The first-order valence-electron chi connectivity index (χ1n) is 35.6. The molecule has 0 rings (SSSR count). The number of rotatable bonds is 65. The lowest BCUT2D eigenvalue weighted by atomic mass is 10.0. The summed E-state index contributed by atoms with van der Waals surface area (Å²) in [6, 6.07) is 0. The molecule has 1 atom stereocenters. The number of unbranched alkanes of at least 4 members (excludes halogenated alkanes) is 40. The van der Waals surface area contributed by atoms with E-state index in [9.17, 15) is 14.4 Å². The Labute approximate surface area is 509 Å². The van der Waals surface area contributed by atoms with Crippen molar-refractivity contribution in [3.05, 3.63) is 85.1 Å². The monoisotopic (exact) mass is 1140 g/mol. The van der Waals surface area contributed by atoms with E-state index < -0.39 is 6.10 Å². The fraction of sp³-hybridized carbons (Fsp3) is 0.776. The van der Waals surface area contributed by atoms with Gasteiger partial charge in [-0.25, -0.2) is 0 Å². The van der Waals surface area contributed by atoms with Crippen LogP contribution in [0.2, 0.25) is 0 Å². The third-order valence-corrected chi connectivity index (χ3v) is 15.6. The Balaban J connectivity index is 4.32. The first-order chi connectivity index (χ1) is 40.5. The summed E-state index contributed by atoms with van der Waals surface area (Å²) in [5.74, 6) is -0.882. The fourth-order valence-electron chi connectivity index (χ4n) is 10.2. The molecular weight excluding hydrogens is 1010 g/mol. The van der Waals surface area contributed by atoms with E-state index in [1.165, 1.54) is 225 Å². The SMILES string of the molecule is CCCCCCC/C=C\C/C=C\C/C=C\CCCCCCCCCCCCCCC(=O)OCC(COC(=O)CCCCCCC/C=C\CCCCCCC)OC(=O)CCCCCCCCCC/C=C\C/C=C\C/C=C\CCCCCCC. The van der Waals surface area contributed by atoms with E-state index in [-0.39, 0.29) is 31.1 Å². The molecule has 0 aliphatic carbocycles. The minimum absolute atomic E-state index is 0.0814. The van der Waals surface area contributed by atoms with Gasteiger partial charge in [-0.05, 0) is 122 Å². The van der Waals surface area contributed by atoms with E-state index >= 15 is 0 Å². The lowest BCUT2D eigenvalue weighted by Gasteiger charge is -2.18. The van der Waals surface area contributed by atoms with Crippen molar-refractivity contribution in [2.24, 2.45) is 0 Å². The minimum Gasteiger partial charge on any atom is -0.462 e. The van der Waals surface area contributed by atoms with E-state index in [2.05, 4.69) is 106 Å². The number of carbonyl (C=O) groups excluding carboxylic acids is 3. The summed E-state index contributed by atoms with van der Waals surface area (Å²) in [6.07, 6.45) is 93.2. The molecule has 82 heavy (non-hydrogen) atoms. The average molecular weight is 1140 g/mol. The van der Waals surface area contributed by atoms with Gasteiger partial charge in [-0.15, -0.1) is 0 Å². The summed E-state index contributed by atoms with van der Waals surface area (Å²) in [5.41, 5.74) is 0. The van der Waals surface area contributed by atoms with E-state index in [0.717, 1.165) is 96.3 Å². The molecule has 0 amide bonds. The van der Waals surface area contributed by atoms with Crippen LogP contribution in [0.3, 0.4) is 0 Å². The maximum absolute atomic E-state index is 13.0. The van der Waals surface area contributed by atoms with Gasteiger partial charge in [-0.1, -0.05) is 305 Å². The molecule has 0 spiro atoms. The van der Waals surface area contributed by atoms with Crippen LogP contribution in [0.1, 0.15) is 361 Å². The van der Waals surface area contributed by atoms with E-state index in [4.69, 9.17) is 14.2 Å². The molecule has 0 aromatic rings. The molecule has 0 saturated heterocycles. The van der Waals surface area contributed by atoms with Crippen LogP contribution in [0.4, 0.5) is 0 Å². The summed E-state index contributed by atoms with van der Waals surface area (Å²) < 4.78 is 17.0. The van der Waals surface area contributed by atoms with Crippen molar-refractivity contribution in [1.29, 1.82) is 0 Å². The van der Waals surface area contributed by atoms with Crippen molar-refractivity contribution in [3.8, 4) is 0 Å². The van der Waals surface area contributed by atoms with Gasteiger partial charge in [0.15, 0.2) is 6.10 Å². The predicted octanol–water partition coefficient (Wildman–Crippen LogP) is 24.6. The number of allylic oxidation sites excluding steroid dienone is 14. The van der Waals surface area contributed by atoms with Gasteiger partial charge in [-0.3, -0.25) is 14.4 Å². The first kappa shape index (κ1) is 78.6. The Morgan fingerprint density at radius 1 is 0.244 bits per heavy atom. The van der Waals surface area contributed by atoms with Crippen molar-refractivity contribution >= 4 is 17.9 Å². The van der Waals surface area contributed by atoms with Crippen molar-refractivity contribution < 1.29 is 28.6 Å². The Hall–Kier alpha value is -3.41. The highest BCUT2D eigenvalue weighted by Crippen LogP contribution is 2.17. The Morgan fingerprint density at radius 2 is 0.439 bits per heavy atom. The molecular formula is C76H134O6. The normalized spacial score (nSPS) is 12.6. The molecule has 6 nitrogen and oxygen atoms in total. The van der Waals surface area contributed by atoms with Crippen molar-refractivity contribution in [2.45, 2.75) is 367 Å². The quantitative estimate of drug-likeness (QED) is 0.0261. The zero-order chi connectivity index (χ0) is 59.2. The molecule has 0 fully saturated rings. The topological polar surface area (TPSA) is 78.9 Å². The Bertz CT molecular complexity index is 1550. The Morgan fingerprint density at radius 3 is 0.695 bits per heavy atom. The van der Waals surface area contributed by atoms with Gasteiger partial charge < -0.3 is 14.2 Å². The molecule has 6 heteroatoms. The number of ether oxygens (including phenoxy) is 3. The lowest BCUT2D eigenvalue weighted by Crippen LogP contribution is -2.30. The molecule has 0 aliphatic heterocycles. The zero-order valence-electron chi connectivity index (χ0n) is 54.5. The molecule has 0 aromatic heterocycles. The summed E-state index contributed by atoms with van der Waals surface area (Å²) in [5, 5.41) is 0. The van der Waals surface area contributed by atoms with Crippen LogP contribution in [0.5, 0.6) is 0 Å². The van der Waals surface area contributed by atoms with Crippen LogP contribution < -0.4 is 0 Å².